The van der Waals surface area contributed by atoms with Gasteiger partial charge in [0.25, 0.3) is 5.91 Å². The summed E-state index contributed by atoms with van der Waals surface area (Å²) in [7, 11) is 0. The van der Waals surface area contributed by atoms with Gasteiger partial charge in [0.1, 0.15) is 11.7 Å². The number of para-hydroxylation sites is 1. The molecular weight excluding hydrogens is 550 g/mol. The van der Waals surface area contributed by atoms with Gasteiger partial charge < -0.3 is 20.9 Å². The van der Waals surface area contributed by atoms with Crippen LogP contribution in [0.4, 0.5) is 0 Å². The molecule has 2 aromatic heterocycles. The molecule has 0 radical (unpaired) electrons. The highest BCUT2D eigenvalue weighted by Gasteiger charge is 2.35. The lowest BCUT2D eigenvalue weighted by atomic mass is 9.95. The number of rotatable bonds is 10. The first-order valence-electron chi connectivity index (χ1n) is 14.6. The molecule has 10 heteroatoms. The molecule has 9 nitrogen and oxygen atoms in total. The van der Waals surface area contributed by atoms with Crippen LogP contribution in [0, 0.1) is 18.8 Å². The Hall–Kier alpha value is -4.05. The molecule has 1 aliphatic heterocycles. The van der Waals surface area contributed by atoms with E-state index in [2.05, 4.69) is 25.9 Å². The van der Waals surface area contributed by atoms with Gasteiger partial charge in [0, 0.05) is 23.4 Å². The fourth-order valence-electron chi connectivity index (χ4n) is 5.15. The maximum atomic E-state index is 13.7. The molecule has 1 saturated heterocycles. The van der Waals surface area contributed by atoms with E-state index in [4.69, 9.17) is 0 Å². The molecule has 4 aromatic rings. The van der Waals surface area contributed by atoms with Crippen LogP contribution in [0.3, 0.4) is 0 Å². The summed E-state index contributed by atoms with van der Waals surface area (Å²) < 4.78 is 0.869. The molecule has 3 heterocycles. The van der Waals surface area contributed by atoms with Gasteiger partial charge >= 0.3 is 0 Å². The zero-order valence-electron chi connectivity index (χ0n) is 24.7. The Labute approximate surface area is 249 Å². The maximum absolute atomic E-state index is 13.7. The number of aromatic nitrogens is 2. The number of carbonyl (C=O) groups excluding carboxylic acids is 4. The fraction of sp³-hybridized carbons (Fsp3) is 0.406. The van der Waals surface area contributed by atoms with Crippen LogP contribution in [0.2, 0.25) is 0 Å². The predicted molar refractivity (Wildman–Crippen MR) is 167 cm³/mol. The van der Waals surface area contributed by atoms with E-state index in [0.717, 1.165) is 21.2 Å². The van der Waals surface area contributed by atoms with Crippen molar-refractivity contribution in [2.45, 2.75) is 66.0 Å². The number of fused-ring (bicyclic) bond motifs is 2. The molecule has 0 bridgehead atoms. The topological polar surface area (TPSA) is 133 Å². The molecule has 1 unspecified atom stereocenters. The van der Waals surface area contributed by atoms with E-state index < -0.39 is 29.8 Å². The van der Waals surface area contributed by atoms with E-state index in [1.165, 1.54) is 11.3 Å². The first-order chi connectivity index (χ1) is 20.2. The van der Waals surface area contributed by atoms with Crippen molar-refractivity contribution in [3.8, 4) is 0 Å². The van der Waals surface area contributed by atoms with Crippen LogP contribution in [0.25, 0.3) is 21.1 Å². The van der Waals surface area contributed by atoms with Crippen molar-refractivity contribution in [2.24, 2.45) is 11.8 Å². The number of Topliss-reactive ketones (excluding diaryl/α,β-unsaturated/α-hetero) is 1. The number of benzene rings is 2. The van der Waals surface area contributed by atoms with E-state index >= 15 is 0 Å². The van der Waals surface area contributed by atoms with Crippen molar-refractivity contribution in [3.05, 3.63) is 64.8 Å². The summed E-state index contributed by atoms with van der Waals surface area (Å²) in [4.78, 5) is 60.5. The average molecular weight is 590 g/mol. The molecule has 4 N–H and O–H groups in total. The number of nitrogens with zero attached hydrogens (tertiary/aromatic N) is 1. The van der Waals surface area contributed by atoms with Crippen LogP contribution in [0.5, 0.6) is 0 Å². The molecule has 3 amide bonds. The number of aromatic amines is 1. The van der Waals surface area contributed by atoms with Gasteiger partial charge in [0.15, 0.2) is 5.01 Å². The van der Waals surface area contributed by atoms with Crippen LogP contribution in [0.1, 0.15) is 72.8 Å². The van der Waals surface area contributed by atoms with Crippen molar-refractivity contribution in [1.82, 2.24) is 25.9 Å². The van der Waals surface area contributed by atoms with E-state index in [1.807, 2.05) is 77.1 Å². The normalized spacial score (nSPS) is 16.0. The van der Waals surface area contributed by atoms with Crippen LogP contribution in [-0.2, 0) is 9.59 Å². The van der Waals surface area contributed by atoms with Gasteiger partial charge in [-0.3, -0.25) is 19.2 Å². The minimum atomic E-state index is -0.954. The Bertz CT molecular complexity index is 1560. The predicted octanol–water partition coefficient (Wildman–Crippen LogP) is 5.15. The van der Waals surface area contributed by atoms with Gasteiger partial charge in [-0.25, -0.2) is 4.98 Å². The summed E-state index contributed by atoms with van der Waals surface area (Å²) in [5.74, 6) is -1.63. The maximum Gasteiger partial charge on any atom is 0.268 e. The third kappa shape index (κ3) is 7.05. The number of nitrogens with one attached hydrogen (secondary N) is 4. The van der Waals surface area contributed by atoms with Crippen LogP contribution >= 0.6 is 11.3 Å². The average Bonchev–Trinajstić information content (AvgIpc) is 3.71. The monoisotopic (exact) mass is 589 g/mol. The second-order valence-electron chi connectivity index (χ2n) is 10.8. The summed E-state index contributed by atoms with van der Waals surface area (Å²) in [6.45, 7) is 10.4. The number of hydrogen-bond acceptors (Lipinski definition) is 6. The number of thiazole rings is 1. The fourth-order valence-corrected chi connectivity index (χ4v) is 6.11. The summed E-state index contributed by atoms with van der Waals surface area (Å²) in [5.41, 5.74) is 2.94. The molecule has 0 spiro atoms. The van der Waals surface area contributed by atoms with Crippen molar-refractivity contribution < 1.29 is 19.2 Å². The summed E-state index contributed by atoms with van der Waals surface area (Å²) in [6, 6.07) is 13.2. The number of aryl methyl sites for hydroxylation is 1. The lowest BCUT2D eigenvalue weighted by molar-refractivity contribution is -0.125. The van der Waals surface area contributed by atoms with Gasteiger partial charge in [0.05, 0.1) is 16.3 Å². The molecule has 0 aliphatic carbocycles. The summed E-state index contributed by atoms with van der Waals surface area (Å²) >= 11 is 1.26. The molecule has 5 rings (SSSR count). The molecule has 42 heavy (non-hydrogen) atoms. The lowest BCUT2D eigenvalue weighted by Gasteiger charge is -2.24. The highest BCUT2D eigenvalue weighted by Crippen LogP contribution is 2.25. The van der Waals surface area contributed by atoms with Gasteiger partial charge in [-0.15, -0.1) is 11.3 Å². The van der Waals surface area contributed by atoms with Gasteiger partial charge in [-0.05, 0) is 61.9 Å². The van der Waals surface area contributed by atoms with Gasteiger partial charge in [-0.2, -0.15) is 0 Å². The van der Waals surface area contributed by atoms with Crippen molar-refractivity contribution in [3.63, 3.8) is 0 Å². The minimum absolute atomic E-state index is 0.0973. The summed E-state index contributed by atoms with van der Waals surface area (Å²) in [6.07, 6.45) is 1.13. The van der Waals surface area contributed by atoms with Crippen molar-refractivity contribution in [1.29, 1.82) is 0 Å². The second-order valence-corrected chi connectivity index (χ2v) is 11.8. The number of hydrogen-bond donors (Lipinski definition) is 4. The molecule has 2 aromatic carbocycles. The first-order valence-corrected chi connectivity index (χ1v) is 15.4. The van der Waals surface area contributed by atoms with Crippen molar-refractivity contribution >= 4 is 56.0 Å². The Morgan fingerprint density at radius 2 is 1.81 bits per heavy atom. The standard InChI is InChI=1S/C30H33N5O4S.C2H6/c1-16(2)13-23(34-29(39)24-15-19-17(3)7-6-9-20(19)32-24)28(38)33-22(14-18-11-12-31-27(18)37)26(36)30-35-21-8-4-5-10-25(21)40-30;1-2/h4-10,15-16,18,22-23,32H,11-14H2,1-3H3,(H,31,37)(H,33,38)(H,34,39);1-2H3/t18?,22-,23-;/m0./s1. The smallest absolute Gasteiger partial charge is 0.268 e. The molecule has 0 saturated carbocycles. The van der Waals surface area contributed by atoms with E-state index in [-0.39, 0.29) is 29.0 Å². The Morgan fingerprint density at radius 3 is 2.48 bits per heavy atom. The number of amides is 3. The molecular formula is C32H39N5O4S. The number of ketones is 1. The lowest BCUT2D eigenvalue weighted by Crippen LogP contribution is -2.52. The first kappa shape index (κ1) is 30.9. The Balaban J connectivity index is 0.00000198. The minimum Gasteiger partial charge on any atom is -0.356 e. The number of H-pyrrole nitrogens is 1. The van der Waals surface area contributed by atoms with Gasteiger partial charge in [-0.1, -0.05) is 52.0 Å². The third-order valence-corrected chi connectivity index (χ3v) is 8.33. The van der Waals surface area contributed by atoms with Gasteiger partial charge in [0.2, 0.25) is 17.6 Å². The highest BCUT2D eigenvalue weighted by molar-refractivity contribution is 7.20. The molecule has 1 fully saturated rings. The zero-order valence-corrected chi connectivity index (χ0v) is 25.6. The van der Waals surface area contributed by atoms with Crippen LogP contribution in [-0.4, -0.2) is 52.1 Å². The third-order valence-electron chi connectivity index (χ3n) is 7.28. The number of carbonyl (C=O) groups is 4. The molecule has 1 aliphatic rings. The van der Waals surface area contributed by atoms with E-state index in [1.54, 1.807) is 6.07 Å². The van der Waals surface area contributed by atoms with E-state index in [0.29, 0.717) is 30.6 Å². The molecule has 3 atom stereocenters. The summed E-state index contributed by atoms with van der Waals surface area (Å²) in [5, 5.41) is 9.76. The second kappa shape index (κ2) is 13.7. The van der Waals surface area contributed by atoms with Crippen LogP contribution < -0.4 is 16.0 Å². The van der Waals surface area contributed by atoms with Crippen LogP contribution in [0.15, 0.2) is 48.5 Å². The van der Waals surface area contributed by atoms with E-state index in [9.17, 15) is 19.2 Å². The zero-order chi connectivity index (χ0) is 30.4. The Kier molecular flexibility index (Phi) is 10.1. The SMILES string of the molecule is CC.Cc1cccc2[nH]c(C(=O)N[C@@H](CC(C)C)C(=O)N[C@@H](CC3CCNC3=O)C(=O)c3nc4ccccc4s3)cc12. The quantitative estimate of drug-likeness (QED) is 0.190. The highest BCUT2D eigenvalue weighted by atomic mass is 32.1. The Morgan fingerprint density at radius 1 is 1.05 bits per heavy atom. The van der Waals surface area contributed by atoms with Crippen molar-refractivity contribution in [2.75, 3.05) is 6.54 Å². The molecule has 222 valence electrons. The largest absolute Gasteiger partial charge is 0.356 e.